The Kier molecular flexibility index (Phi) is 5.85. The Bertz CT molecular complexity index is 1250. The summed E-state index contributed by atoms with van der Waals surface area (Å²) in [4.78, 5) is 24.6. The quantitative estimate of drug-likeness (QED) is 0.343. The van der Waals surface area contributed by atoms with Gasteiger partial charge < -0.3 is 44.2 Å². The van der Waals surface area contributed by atoms with Gasteiger partial charge in [0.25, 0.3) is 0 Å². The second kappa shape index (κ2) is 8.62. The van der Waals surface area contributed by atoms with Gasteiger partial charge in [0, 0.05) is 24.6 Å². The molecule has 0 saturated carbocycles. The number of carbonyl (C=O) groups is 1. The predicted octanol–water partition coefficient (Wildman–Crippen LogP) is 0.965. The maximum Gasteiger partial charge on any atom is 0.303 e. The molecule has 33 heavy (non-hydrogen) atoms. The number of aromatic hydroxyl groups is 3. The van der Waals surface area contributed by atoms with E-state index in [1.54, 1.807) is 0 Å². The number of esters is 1. The van der Waals surface area contributed by atoms with Crippen LogP contribution in [0.15, 0.2) is 45.6 Å². The topological polar surface area (TPSA) is 176 Å². The van der Waals surface area contributed by atoms with Crippen LogP contribution in [0.5, 0.6) is 23.0 Å². The number of benzene rings is 2. The summed E-state index contributed by atoms with van der Waals surface area (Å²) < 4.78 is 21.9. The molecule has 0 spiro atoms. The van der Waals surface area contributed by atoms with Gasteiger partial charge in [0.05, 0.1) is 6.61 Å². The van der Waals surface area contributed by atoms with E-state index in [9.17, 15) is 35.1 Å². The van der Waals surface area contributed by atoms with Gasteiger partial charge in [-0.2, -0.15) is 0 Å². The average Bonchev–Trinajstić information content (AvgIpc) is 3.04. The van der Waals surface area contributed by atoms with Gasteiger partial charge in [0.15, 0.2) is 18.0 Å². The fourth-order valence-electron chi connectivity index (χ4n) is 3.58. The third kappa shape index (κ3) is 4.16. The van der Waals surface area contributed by atoms with Crippen LogP contribution in [0.2, 0.25) is 0 Å². The molecule has 11 nitrogen and oxygen atoms in total. The number of hydrogen-bond acceptors (Lipinski definition) is 11. The lowest BCUT2D eigenvalue weighted by atomic mass is 10.1. The van der Waals surface area contributed by atoms with Crippen LogP contribution in [0.1, 0.15) is 6.92 Å². The van der Waals surface area contributed by atoms with E-state index in [0.717, 1.165) is 19.1 Å². The number of carbonyl (C=O) groups excluding carboxylic acids is 1. The third-order valence-electron chi connectivity index (χ3n) is 5.05. The smallest absolute Gasteiger partial charge is 0.303 e. The fraction of sp³-hybridized carbons (Fsp3) is 0.273. The molecule has 2 aromatic carbocycles. The molecule has 0 aliphatic carbocycles. The summed E-state index contributed by atoms with van der Waals surface area (Å²) in [7, 11) is 0. The lowest BCUT2D eigenvalue weighted by Gasteiger charge is -2.20. The summed E-state index contributed by atoms with van der Waals surface area (Å²) in [6.07, 6.45) is -5.49. The fourth-order valence-corrected chi connectivity index (χ4v) is 3.58. The highest BCUT2D eigenvalue weighted by Crippen LogP contribution is 2.37. The first kappa shape index (κ1) is 22.4. The Morgan fingerprint density at radius 3 is 2.42 bits per heavy atom. The minimum atomic E-state index is -1.57. The number of phenolic OH excluding ortho intramolecular Hbond substituents is 3. The molecule has 1 aliphatic rings. The van der Waals surface area contributed by atoms with Crippen molar-refractivity contribution in [2.45, 2.75) is 31.5 Å². The summed E-state index contributed by atoms with van der Waals surface area (Å²) in [6, 6.07) is 7.61. The van der Waals surface area contributed by atoms with Crippen LogP contribution in [0, 0.1) is 0 Å². The third-order valence-corrected chi connectivity index (χ3v) is 5.05. The number of rotatable bonds is 5. The molecule has 3 aromatic rings. The van der Waals surface area contributed by atoms with Crippen LogP contribution < -0.4 is 10.2 Å². The highest BCUT2D eigenvalue weighted by molar-refractivity contribution is 5.88. The Morgan fingerprint density at radius 1 is 1.09 bits per heavy atom. The first-order valence-electron chi connectivity index (χ1n) is 9.80. The molecule has 1 saturated heterocycles. The number of hydrogen-bond donors (Lipinski definition) is 5. The van der Waals surface area contributed by atoms with Crippen LogP contribution in [0.3, 0.4) is 0 Å². The second-order valence-corrected chi connectivity index (χ2v) is 7.38. The molecule has 1 aliphatic heterocycles. The molecular formula is C22H20O11. The maximum atomic E-state index is 13.3. The highest BCUT2D eigenvalue weighted by Gasteiger charge is 2.48. The van der Waals surface area contributed by atoms with Crippen molar-refractivity contribution < 1.29 is 49.0 Å². The van der Waals surface area contributed by atoms with Gasteiger partial charge in [0.2, 0.25) is 17.5 Å². The molecule has 11 heteroatoms. The van der Waals surface area contributed by atoms with Crippen molar-refractivity contribution >= 4 is 16.9 Å². The number of aliphatic hydroxyl groups is 2. The monoisotopic (exact) mass is 460 g/mol. The summed E-state index contributed by atoms with van der Waals surface area (Å²) >= 11 is 0. The van der Waals surface area contributed by atoms with Gasteiger partial charge >= 0.3 is 5.97 Å². The molecule has 0 radical (unpaired) electrons. The number of fused-ring (bicyclic) bond motifs is 1. The van der Waals surface area contributed by atoms with Crippen molar-refractivity contribution in [3.8, 4) is 34.3 Å². The van der Waals surface area contributed by atoms with Crippen LogP contribution in [-0.2, 0) is 14.3 Å². The molecule has 0 unspecified atom stereocenters. The van der Waals surface area contributed by atoms with E-state index in [-0.39, 0.29) is 33.8 Å². The van der Waals surface area contributed by atoms with Crippen LogP contribution in [-0.4, -0.2) is 62.7 Å². The van der Waals surface area contributed by atoms with Gasteiger partial charge in [-0.1, -0.05) is 0 Å². The molecular weight excluding hydrogens is 440 g/mol. The van der Waals surface area contributed by atoms with Gasteiger partial charge in [0.1, 0.15) is 34.3 Å². The SMILES string of the molecule is CC(=O)O[C@H]1[C@H](O)[C@@H](Oc2c(-c3ccc(O)cc3)oc3cc(O)cc(O)c3c2=O)O[C@@H]1CO. The minimum absolute atomic E-state index is 0.0517. The summed E-state index contributed by atoms with van der Waals surface area (Å²) in [5.74, 6) is -2.30. The molecule has 1 fully saturated rings. The largest absolute Gasteiger partial charge is 0.508 e. The first-order chi connectivity index (χ1) is 15.7. The molecule has 2 heterocycles. The summed E-state index contributed by atoms with van der Waals surface area (Å²) in [5.41, 5.74) is -0.705. The van der Waals surface area contributed by atoms with Crippen molar-refractivity contribution in [1.82, 2.24) is 0 Å². The zero-order valence-corrected chi connectivity index (χ0v) is 17.2. The van der Waals surface area contributed by atoms with E-state index < -0.39 is 54.1 Å². The van der Waals surface area contributed by atoms with Crippen LogP contribution in [0.4, 0.5) is 0 Å². The van der Waals surface area contributed by atoms with E-state index in [2.05, 4.69) is 0 Å². The zero-order valence-electron chi connectivity index (χ0n) is 17.2. The highest BCUT2D eigenvalue weighted by atomic mass is 16.7. The molecule has 174 valence electrons. The molecule has 4 atom stereocenters. The second-order valence-electron chi connectivity index (χ2n) is 7.38. The first-order valence-corrected chi connectivity index (χ1v) is 9.80. The Balaban J connectivity index is 1.84. The normalized spacial score (nSPS) is 22.4. The number of phenols is 3. The zero-order chi connectivity index (χ0) is 23.9. The number of aliphatic hydroxyl groups excluding tert-OH is 2. The molecule has 0 bridgehead atoms. The molecule has 5 N–H and O–H groups in total. The van der Waals surface area contributed by atoms with E-state index >= 15 is 0 Å². The van der Waals surface area contributed by atoms with Gasteiger partial charge in [-0.25, -0.2) is 0 Å². The summed E-state index contributed by atoms with van der Waals surface area (Å²) in [5, 5.41) is 49.4. The van der Waals surface area contributed by atoms with Crippen molar-refractivity contribution in [3.63, 3.8) is 0 Å². The van der Waals surface area contributed by atoms with E-state index in [1.165, 1.54) is 24.3 Å². The van der Waals surface area contributed by atoms with E-state index in [4.69, 9.17) is 18.6 Å². The average molecular weight is 460 g/mol. The Hall–Kier alpha value is -3.80. The van der Waals surface area contributed by atoms with E-state index in [0.29, 0.717) is 0 Å². The van der Waals surface area contributed by atoms with Crippen LogP contribution >= 0.6 is 0 Å². The lowest BCUT2D eigenvalue weighted by Crippen LogP contribution is -2.39. The Labute approximate surface area is 185 Å². The number of ether oxygens (including phenoxy) is 3. The van der Waals surface area contributed by atoms with Gasteiger partial charge in [-0.15, -0.1) is 0 Å². The predicted molar refractivity (Wildman–Crippen MR) is 111 cm³/mol. The molecule has 1 aromatic heterocycles. The Morgan fingerprint density at radius 2 is 1.79 bits per heavy atom. The standard InChI is InChI=1S/C22H20O11/c1-9(24)30-20-15(8-23)32-22(18(20)29)33-21-17(28)16-13(27)6-12(26)7-14(16)31-19(21)10-2-4-11(25)5-3-10/h2-7,15,18,20,22-23,25-27,29H,8H2,1H3/t15-,18+,20-,22-/m1/s1. The van der Waals surface area contributed by atoms with Crippen molar-refractivity contribution in [2.24, 2.45) is 0 Å². The molecule has 4 rings (SSSR count). The van der Waals surface area contributed by atoms with Gasteiger partial charge in [-0.3, -0.25) is 9.59 Å². The maximum absolute atomic E-state index is 13.3. The van der Waals surface area contributed by atoms with Crippen molar-refractivity contribution in [1.29, 1.82) is 0 Å². The minimum Gasteiger partial charge on any atom is -0.508 e. The van der Waals surface area contributed by atoms with Crippen LogP contribution in [0.25, 0.3) is 22.3 Å². The lowest BCUT2D eigenvalue weighted by molar-refractivity contribution is -0.153. The summed E-state index contributed by atoms with van der Waals surface area (Å²) in [6.45, 7) is 0.514. The van der Waals surface area contributed by atoms with Gasteiger partial charge in [-0.05, 0) is 24.3 Å². The van der Waals surface area contributed by atoms with E-state index in [1.807, 2.05) is 0 Å². The van der Waals surface area contributed by atoms with Crippen molar-refractivity contribution in [2.75, 3.05) is 6.61 Å². The van der Waals surface area contributed by atoms with Crippen molar-refractivity contribution in [3.05, 3.63) is 46.6 Å². The molecule has 0 amide bonds.